The van der Waals surface area contributed by atoms with Crippen molar-refractivity contribution in [2.24, 2.45) is 0 Å². The van der Waals surface area contributed by atoms with Gasteiger partial charge in [0.05, 0.1) is 6.61 Å². The van der Waals surface area contributed by atoms with E-state index in [1.54, 1.807) is 7.11 Å². The number of ether oxygens (including phenoxy) is 2. The Bertz CT molecular complexity index is 355. The number of hydrogen-bond donors (Lipinski definition) is 2. The summed E-state index contributed by atoms with van der Waals surface area (Å²) in [7, 11) is 1.69. The Morgan fingerprint density at radius 1 is 1.28 bits per heavy atom. The Kier molecular flexibility index (Phi) is 7.13. The van der Waals surface area contributed by atoms with E-state index in [2.05, 4.69) is 10.6 Å². The van der Waals surface area contributed by atoms with Crippen LogP contribution in [0.5, 0.6) is 5.75 Å². The molecule has 0 unspecified atom stereocenters. The van der Waals surface area contributed by atoms with E-state index in [4.69, 9.17) is 21.7 Å². The molecule has 0 amide bonds. The predicted molar refractivity (Wildman–Crippen MR) is 78.3 cm³/mol. The van der Waals surface area contributed by atoms with Gasteiger partial charge in [0.15, 0.2) is 5.11 Å². The van der Waals surface area contributed by atoms with Crippen molar-refractivity contribution in [2.75, 3.05) is 32.2 Å². The van der Waals surface area contributed by atoms with E-state index in [1.807, 2.05) is 31.2 Å². The molecule has 0 fully saturated rings. The van der Waals surface area contributed by atoms with Crippen LogP contribution in [0.25, 0.3) is 0 Å². The second kappa shape index (κ2) is 8.72. The molecule has 0 aliphatic carbocycles. The number of benzene rings is 1. The molecule has 0 bridgehead atoms. The van der Waals surface area contributed by atoms with Gasteiger partial charge >= 0.3 is 0 Å². The molecule has 0 heterocycles. The molecule has 1 rings (SSSR count). The first-order valence-electron chi connectivity index (χ1n) is 6.03. The highest BCUT2D eigenvalue weighted by molar-refractivity contribution is 7.80. The average molecular weight is 268 g/mol. The zero-order valence-electron chi connectivity index (χ0n) is 10.9. The van der Waals surface area contributed by atoms with Crippen molar-refractivity contribution in [3.05, 3.63) is 24.3 Å². The maximum atomic E-state index is 5.37. The molecular weight excluding hydrogens is 248 g/mol. The summed E-state index contributed by atoms with van der Waals surface area (Å²) in [4.78, 5) is 0. The molecule has 5 heteroatoms. The van der Waals surface area contributed by atoms with Crippen LogP contribution in [0.1, 0.15) is 13.3 Å². The van der Waals surface area contributed by atoms with Crippen molar-refractivity contribution in [1.29, 1.82) is 0 Å². The molecule has 0 atom stereocenters. The molecule has 100 valence electrons. The molecule has 4 nitrogen and oxygen atoms in total. The van der Waals surface area contributed by atoms with Gasteiger partial charge < -0.3 is 20.1 Å². The van der Waals surface area contributed by atoms with Crippen molar-refractivity contribution >= 4 is 23.0 Å². The van der Waals surface area contributed by atoms with E-state index >= 15 is 0 Å². The highest BCUT2D eigenvalue weighted by Gasteiger charge is 1.98. The van der Waals surface area contributed by atoms with Crippen LogP contribution in [0.15, 0.2) is 24.3 Å². The predicted octanol–water partition coefficient (Wildman–Crippen LogP) is 2.41. The molecule has 0 spiro atoms. The van der Waals surface area contributed by atoms with Crippen molar-refractivity contribution in [1.82, 2.24) is 5.32 Å². The molecule has 0 aliphatic rings. The van der Waals surface area contributed by atoms with Crippen LogP contribution in [0.4, 0.5) is 5.69 Å². The summed E-state index contributed by atoms with van der Waals surface area (Å²) in [6.07, 6.45) is 0.932. The maximum absolute atomic E-state index is 5.37. The summed E-state index contributed by atoms with van der Waals surface area (Å²) in [6, 6.07) is 7.71. The van der Waals surface area contributed by atoms with Gasteiger partial charge in [0.25, 0.3) is 0 Å². The van der Waals surface area contributed by atoms with Gasteiger partial charge in [0, 0.05) is 25.9 Å². The van der Waals surface area contributed by atoms with Gasteiger partial charge in [-0.15, -0.1) is 0 Å². The Labute approximate surface area is 114 Å². The van der Waals surface area contributed by atoms with Gasteiger partial charge in [-0.25, -0.2) is 0 Å². The first kappa shape index (κ1) is 14.7. The van der Waals surface area contributed by atoms with Crippen LogP contribution in [-0.4, -0.2) is 32.0 Å². The Hall–Kier alpha value is -1.33. The van der Waals surface area contributed by atoms with Crippen molar-refractivity contribution < 1.29 is 9.47 Å². The summed E-state index contributed by atoms with van der Waals surface area (Å²) in [5, 5.41) is 6.85. The largest absolute Gasteiger partial charge is 0.494 e. The fraction of sp³-hybridized carbons (Fsp3) is 0.462. The second-order valence-corrected chi connectivity index (χ2v) is 4.09. The molecule has 0 aromatic heterocycles. The standard InChI is InChI=1S/C13H20N2O2S/c1-3-17-12-7-5-11(6-8-12)15-13(18)14-9-4-10-16-2/h5-8H,3-4,9-10H2,1-2H3,(H2,14,15,18). The lowest BCUT2D eigenvalue weighted by Gasteiger charge is -2.11. The third-order valence-electron chi connectivity index (χ3n) is 2.23. The Morgan fingerprint density at radius 2 is 2.00 bits per heavy atom. The first-order valence-corrected chi connectivity index (χ1v) is 6.43. The van der Waals surface area contributed by atoms with Gasteiger partial charge in [0.1, 0.15) is 5.75 Å². The van der Waals surface area contributed by atoms with Crippen molar-refractivity contribution in [2.45, 2.75) is 13.3 Å². The quantitative estimate of drug-likeness (QED) is 0.587. The molecule has 18 heavy (non-hydrogen) atoms. The maximum Gasteiger partial charge on any atom is 0.170 e. The minimum Gasteiger partial charge on any atom is -0.494 e. The smallest absolute Gasteiger partial charge is 0.170 e. The average Bonchev–Trinajstić information content (AvgIpc) is 2.37. The van der Waals surface area contributed by atoms with Gasteiger partial charge in [0.2, 0.25) is 0 Å². The van der Waals surface area contributed by atoms with Crippen LogP contribution in [0, 0.1) is 0 Å². The lowest BCUT2D eigenvalue weighted by Crippen LogP contribution is -2.29. The summed E-state index contributed by atoms with van der Waals surface area (Å²) in [6.45, 7) is 4.17. The van der Waals surface area contributed by atoms with Crippen LogP contribution in [0.2, 0.25) is 0 Å². The van der Waals surface area contributed by atoms with Gasteiger partial charge in [-0.2, -0.15) is 0 Å². The monoisotopic (exact) mass is 268 g/mol. The van der Waals surface area contributed by atoms with Crippen LogP contribution in [0.3, 0.4) is 0 Å². The van der Waals surface area contributed by atoms with E-state index in [9.17, 15) is 0 Å². The normalized spacial score (nSPS) is 9.89. The number of hydrogen-bond acceptors (Lipinski definition) is 3. The van der Waals surface area contributed by atoms with E-state index < -0.39 is 0 Å². The molecule has 0 saturated heterocycles. The Balaban J connectivity index is 2.30. The highest BCUT2D eigenvalue weighted by atomic mass is 32.1. The van der Waals surface area contributed by atoms with Gasteiger partial charge in [-0.1, -0.05) is 0 Å². The molecular formula is C13H20N2O2S. The van der Waals surface area contributed by atoms with Crippen LogP contribution in [-0.2, 0) is 4.74 Å². The fourth-order valence-corrected chi connectivity index (χ4v) is 1.61. The fourth-order valence-electron chi connectivity index (χ4n) is 1.39. The summed E-state index contributed by atoms with van der Waals surface area (Å²) >= 11 is 5.18. The SMILES string of the molecule is CCOc1ccc(NC(=S)NCCCOC)cc1. The summed E-state index contributed by atoms with van der Waals surface area (Å²) in [5.41, 5.74) is 0.947. The Morgan fingerprint density at radius 3 is 2.61 bits per heavy atom. The van der Waals surface area contributed by atoms with Crippen LogP contribution >= 0.6 is 12.2 Å². The van der Waals surface area contributed by atoms with Crippen LogP contribution < -0.4 is 15.4 Å². The zero-order valence-corrected chi connectivity index (χ0v) is 11.7. The molecule has 0 aliphatic heterocycles. The minimum atomic E-state index is 0.621. The summed E-state index contributed by atoms with van der Waals surface area (Å²) in [5.74, 6) is 0.863. The molecule has 1 aromatic rings. The lowest BCUT2D eigenvalue weighted by molar-refractivity contribution is 0.196. The molecule has 0 saturated carbocycles. The van der Waals surface area contributed by atoms with E-state index in [0.717, 1.165) is 31.0 Å². The zero-order chi connectivity index (χ0) is 13.2. The highest BCUT2D eigenvalue weighted by Crippen LogP contribution is 2.15. The van der Waals surface area contributed by atoms with Crippen molar-refractivity contribution in [3.63, 3.8) is 0 Å². The number of anilines is 1. The van der Waals surface area contributed by atoms with E-state index in [0.29, 0.717) is 11.7 Å². The van der Waals surface area contributed by atoms with E-state index in [1.165, 1.54) is 0 Å². The lowest BCUT2D eigenvalue weighted by atomic mass is 10.3. The molecule has 2 N–H and O–H groups in total. The third kappa shape index (κ3) is 5.84. The molecule has 0 radical (unpaired) electrons. The van der Waals surface area contributed by atoms with Gasteiger partial charge in [-0.05, 0) is 49.8 Å². The third-order valence-corrected chi connectivity index (χ3v) is 2.48. The first-order chi connectivity index (χ1) is 8.76. The number of rotatable bonds is 7. The van der Waals surface area contributed by atoms with E-state index in [-0.39, 0.29) is 0 Å². The second-order valence-electron chi connectivity index (χ2n) is 3.68. The van der Waals surface area contributed by atoms with Gasteiger partial charge in [-0.3, -0.25) is 0 Å². The van der Waals surface area contributed by atoms with Crippen molar-refractivity contribution in [3.8, 4) is 5.75 Å². The number of methoxy groups -OCH3 is 1. The number of thiocarbonyl (C=S) groups is 1. The minimum absolute atomic E-state index is 0.621. The summed E-state index contributed by atoms with van der Waals surface area (Å²) < 4.78 is 10.3. The number of nitrogens with one attached hydrogen (secondary N) is 2. The molecule has 1 aromatic carbocycles. The topological polar surface area (TPSA) is 42.5 Å².